The third-order valence-electron chi connectivity index (χ3n) is 9.35. The zero-order chi connectivity index (χ0) is 29.5. The van der Waals surface area contributed by atoms with Crippen LogP contribution in [-0.4, -0.2) is 4.57 Å². The van der Waals surface area contributed by atoms with Crippen LogP contribution in [0.25, 0.3) is 0 Å². The average molecular weight is 574 g/mol. The molecule has 0 saturated heterocycles. The van der Waals surface area contributed by atoms with E-state index < -0.39 is 0 Å². The predicted molar refractivity (Wildman–Crippen MR) is 184 cm³/mol. The van der Waals surface area contributed by atoms with E-state index in [9.17, 15) is 0 Å². The van der Waals surface area contributed by atoms with Gasteiger partial charge in [-0.3, -0.25) is 0 Å². The van der Waals surface area contributed by atoms with E-state index in [0.717, 1.165) is 0 Å². The largest absolute Gasteiger partial charge is 0.256 e. The Hall–Kier alpha value is -0.790. The van der Waals surface area contributed by atoms with Gasteiger partial charge in [-0.05, 0) is 32.1 Å². The van der Waals surface area contributed by atoms with Crippen molar-refractivity contribution in [3.05, 3.63) is 18.2 Å². The third-order valence-corrected chi connectivity index (χ3v) is 9.35. The van der Waals surface area contributed by atoms with E-state index in [1.54, 1.807) is 5.82 Å². The van der Waals surface area contributed by atoms with Gasteiger partial charge in [0, 0.05) is 6.42 Å². The summed E-state index contributed by atoms with van der Waals surface area (Å²) in [6.07, 6.45) is 49.0. The van der Waals surface area contributed by atoms with Gasteiger partial charge in [0.2, 0.25) is 0 Å². The molecule has 0 aliphatic heterocycles. The fraction of sp³-hybridized carbons (Fsp3) is 0.923. The van der Waals surface area contributed by atoms with Crippen LogP contribution < -0.4 is 4.57 Å². The molecule has 0 unspecified atom stereocenters. The number of hydrogen-bond donors (Lipinski definition) is 0. The smallest absolute Gasteiger partial charge is 0.234 e. The Morgan fingerprint density at radius 3 is 1.15 bits per heavy atom. The van der Waals surface area contributed by atoms with E-state index in [-0.39, 0.29) is 0 Å². The van der Waals surface area contributed by atoms with Gasteiger partial charge in [-0.2, -0.15) is 0 Å². The molecule has 1 heterocycles. The summed E-state index contributed by atoms with van der Waals surface area (Å²) in [4.78, 5) is 0. The van der Waals surface area contributed by atoms with E-state index >= 15 is 0 Å². The molecule has 0 bridgehead atoms. The molecule has 2 heteroatoms. The van der Waals surface area contributed by atoms with Crippen molar-refractivity contribution in [3.63, 3.8) is 0 Å². The zero-order valence-corrected chi connectivity index (χ0v) is 28.9. The summed E-state index contributed by atoms with van der Waals surface area (Å²) in [5.74, 6) is 1.59. The van der Waals surface area contributed by atoms with E-state index in [4.69, 9.17) is 0 Å². The monoisotopic (exact) mass is 574 g/mol. The van der Waals surface area contributed by atoms with Gasteiger partial charge in [-0.25, -0.2) is 9.13 Å². The summed E-state index contributed by atoms with van der Waals surface area (Å²) in [7, 11) is 0. The standard InChI is InChI=1S/C39H77N2/c1-4-7-10-12-14-16-18-20-21-23-25-27-29-31-33-36-41-38-37-40(39(41)34-9-6-3)35-32-30-28-26-24-22-19-17-15-13-11-8-5-2/h37-38H,4-36H2,1-3H3/q+1. The Morgan fingerprint density at radius 1 is 0.415 bits per heavy atom. The summed E-state index contributed by atoms with van der Waals surface area (Å²) in [5, 5.41) is 0. The number of nitrogens with zero attached hydrogens (tertiary/aromatic N) is 2. The molecule has 41 heavy (non-hydrogen) atoms. The molecule has 0 radical (unpaired) electrons. The lowest BCUT2D eigenvalue weighted by Crippen LogP contribution is -2.37. The lowest BCUT2D eigenvalue weighted by Gasteiger charge is -2.06. The van der Waals surface area contributed by atoms with Crippen LogP contribution in [-0.2, 0) is 19.5 Å². The Balaban J connectivity index is 2.06. The maximum atomic E-state index is 2.60. The Kier molecular flexibility index (Phi) is 28.6. The molecule has 2 nitrogen and oxygen atoms in total. The molecule has 0 aliphatic rings. The van der Waals surface area contributed by atoms with Gasteiger partial charge in [0.15, 0.2) is 0 Å². The Bertz CT molecular complexity index is 634. The SMILES string of the molecule is CCCCCCCCCCCCCCCCCn1cc[n+](CCCCCCCCCCCCCCC)c1CCCC. The first-order valence-electron chi connectivity index (χ1n) is 19.4. The average Bonchev–Trinajstić information content (AvgIpc) is 3.37. The van der Waals surface area contributed by atoms with Crippen LogP contribution >= 0.6 is 0 Å². The van der Waals surface area contributed by atoms with Crippen LogP contribution in [0.5, 0.6) is 0 Å². The molecule has 1 aromatic heterocycles. The predicted octanol–water partition coefficient (Wildman–Crippen LogP) is 13.1. The van der Waals surface area contributed by atoms with E-state index in [1.165, 1.54) is 212 Å². The van der Waals surface area contributed by atoms with Crippen molar-refractivity contribution in [2.45, 2.75) is 233 Å². The normalized spacial score (nSPS) is 11.6. The highest BCUT2D eigenvalue weighted by Gasteiger charge is 2.16. The van der Waals surface area contributed by atoms with Crippen LogP contribution in [0.15, 0.2) is 12.4 Å². The molecule has 0 spiro atoms. The Labute approximate surface area is 259 Å². The van der Waals surface area contributed by atoms with Gasteiger partial charge in [0.05, 0.1) is 13.1 Å². The molecular formula is C39H77N2+. The minimum absolute atomic E-state index is 1.22. The maximum Gasteiger partial charge on any atom is 0.256 e. The van der Waals surface area contributed by atoms with Gasteiger partial charge in [-0.1, -0.05) is 181 Å². The molecule has 1 rings (SSSR count). The number of rotatable bonds is 33. The molecule has 0 amide bonds. The fourth-order valence-electron chi connectivity index (χ4n) is 6.48. The van der Waals surface area contributed by atoms with E-state index in [2.05, 4.69) is 42.3 Å². The molecule has 0 aliphatic carbocycles. The number of unbranched alkanes of at least 4 members (excludes halogenated alkanes) is 27. The molecule has 0 fully saturated rings. The summed E-state index contributed by atoms with van der Waals surface area (Å²) in [5.41, 5.74) is 0. The molecule has 0 aromatic carbocycles. The van der Waals surface area contributed by atoms with E-state index in [0.29, 0.717) is 0 Å². The second-order valence-electron chi connectivity index (χ2n) is 13.4. The van der Waals surface area contributed by atoms with Crippen LogP contribution in [0.4, 0.5) is 0 Å². The highest BCUT2D eigenvalue weighted by atomic mass is 15.1. The first kappa shape index (κ1) is 38.2. The summed E-state index contributed by atoms with van der Waals surface area (Å²) in [6.45, 7) is 9.40. The molecule has 0 saturated carbocycles. The van der Waals surface area contributed by atoms with Crippen molar-refractivity contribution in [2.24, 2.45) is 0 Å². The number of imidazole rings is 1. The van der Waals surface area contributed by atoms with Crippen molar-refractivity contribution in [1.82, 2.24) is 4.57 Å². The van der Waals surface area contributed by atoms with Gasteiger partial charge in [0.25, 0.3) is 5.82 Å². The summed E-state index contributed by atoms with van der Waals surface area (Å²) < 4.78 is 5.19. The number of aromatic nitrogens is 2. The van der Waals surface area contributed by atoms with Crippen molar-refractivity contribution in [3.8, 4) is 0 Å². The summed E-state index contributed by atoms with van der Waals surface area (Å²) in [6, 6.07) is 0. The van der Waals surface area contributed by atoms with E-state index in [1.807, 2.05) is 0 Å². The molecule has 1 aromatic rings. The van der Waals surface area contributed by atoms with Crippen LogP contribution in [0.2, 0.25) is 0 Å². The maximum absolute atomic E-state index is 2.60. The highest BCUT2D eigenvalue weighted by molar-refractivity contribution is 4.84. The highest BCUT2D eigenvalue weighted by Crippen LogP contribution is 2.15. The first-order chi connectivity index (χ1) is 20.3. The minimum Gasteiger partial charge on any atom is -0.234 e. The van der Waals surface area contributed by atoms with Gasteiger partial charge >= 0.3 is 0 Å². The van der Waals surface area contributed by atoms with Crippen molar-refractivity contribution in [1.29, 1.82) is 0 Å². The van der Waals surface area contributed by atoms with Gasteiger partial charge in [-0.15, -0.1) is 0 Å². The van der Waals surface area contributed by atoms with Crippen LogP contribution in [0.3, 0.4) is 0 Å². The van der Waals surface area contributed by atoms with Gasteiger partial charge in [0.1, 0.15) is 12.4 Å². The quantitative estimate of drug-likeness (QED) is 0.0584. The lowest BCUT2D eigenvalue weighted by atomic mass is 10.0. The molecular weight excluding hydrogens is 496 g/mol. The molecule has 0 N–H and O–H groups in total. The fourth-order valence-corrected chi connectivity index (χ4v) is 6.48. The zero-order valence-electron chi connectivity index (χ0n) is 28.9. The van der Waals surface area contributed by atoms with Crippen LogP contribution in [0.1, 0.15) is 219 Å². The second kappa shape index (κ2) is 30.7. The number of hydrogen-bond acceptors (Lipinski definition) is 0. The lowest BCUT2D eigenvalue weighted by molar-refractivity contribution is -0.704. The van der Waals surface area contributed by atoms with Gasteiger partial charge < -0.3 is 0 Å². The minimum atomic E-state index is 1.22. The molecule has 0 atom stereocenters. The Morgan fingerprint density at radius 2 is 0.756 bits per heavy atom. The first-order valence-corrected chi connectivity index (χ1v) is 19.4. The van der Waals surface area contributed by atoms with Crippen LogP contribution in [0, 0.1) is 0 Å². The van der Waals surface area contributed by atoms with Crippen molar-refractivity contribution >= 4 is 0 Å². The van der Waals surface area contributed by atoms with Crippen molar-refractivity contribution < 1.29 is 4.57 Å². The van der Waals surface area contributed by atoms with Crippen molar-refractivity contribution in [2.75, 3.05) is 0 Å². The topological polar surface area (TPSA) is 8.81 Å². The number of aryl methyl sites for hydroxylation is 2. The third kappa shape index (κ3) is 23.4. The summed E-state index contributed by atoms with van der Waals surface area (Å²) >= 11 is 0. The second-order valence-corrected chi connectivity index (χ2v) is 13.4. The molecule has 242 valence electrons.